The SMILES string of the molecule is CCNCCCOc1cccc(-c2cccc(Nc3nccc4cc(CN5CCCCC5CC(=O)O)cnc34)c2C)c1C. The van der Waals surface area contributed by atoms with E-state index in [0.717, 1.165) is 95.5 Å². The smallest absolute Gasteiger partial charge is 0.304 e. The number of nitrogens with zero attached hydrogens (tertiary/aromatic N) is 3. The molecule has 0 spiro atoms. The summed E-state index contributed by atoms with van der Waals surface area (Å²) in [5.41, 5.74) is 7.42. The molecule has 3 heterocycles. The Bertz CT molecular complexity index is 1560. The second-order valence-electron chi connectivity index (χ2n) is 11.4. The molecule has 43 heavy (non-hydrogen) atoms. The molecule has 1 aliphatic rings. The molecule has 0 aliphatic carbocycles. The predicted octanol–water partition coefficient (Wildman–Crippen LogP) is 6.86. The third-order valence-electron chi connectivity index (χ3n) is 8.37. The van der Waals surface area contributed by atoms with E-state index in [2.05, 4.69) is 77.7 Å². The van der Waals surface area contributed by atoms with Crippen molar-refractivity contribution in [2.24, 2.45) is 0 Å². The number of anilines is 2. The molecule has 5 rings (SSSR count). The van der Waals surface area contributed by atoms with Crippen molar-refractivity contribution in [1.82, 2.24) is 20.2 Å². The Morgan fingerprint density at radius 1 is 1.07 bits per heavy atom. The van der Waals surface area contributed by atoms with E-state index in [4.69, 9.17) is 9.72 Å². The zero-order chi connectivity index (χ0) is 30.2. The van der Waals surface area contributed by atoms with Crippen LogP contribution in [0, 0.1) is 13.8 Å². The highest BCUT2D eigenvalue weighted by Gasteiger charge is 2.25. The van der Waals surface area contributed by atoms with Crippen LogP contribution in [0.1, 0.15) is 55.7 Å². The summed E-state index contributed by atoms with van der Waals surface area (Å²) in [6.45, 7) is 10.6. The summed E-state index contributed by atoms with van der Waals surface area (Å²) in [6, 6.07) is 16.7. The number of benzene rings is 2. The molecule has 4 aromatic rings. The van der Waals surface area contributed by atoms with Crippen molar-refractivity contribution < 1.29 is 14.6 Å². The fourth-order valence-electron chi connectivity index (χ4n) is 6.03. The summed E-state index contributed by atoms with van der Waals surface area (Å²) < 4.78 is 6.14. The molecule has 3 N–H and O–H groups in total. The van der Waals surface area contributed by atoms with Crippen molar-refractivity contribution in [3.05, 3.63) is 77.6 Å². The number of rotatable bonds is 13. The van der Waals surface area contributed by atoms with Gasteiger partial charge in [0.1, 0.15) is 11.3 Å². The number of fused-ring (bicyclic) bond motifs is 1. The highest BCUT2D eigenvalue weighted by molar-refractivity contribution is 5.91. The zero-order valence-corrected chi connectivity index (χ0v) is 25.5. The van der Waals surface area contributed by atoms with Gasteiger partial charge >= 0.3 is 5.97 Å². The van der Waals surface area contributed by atoms with E-state index in [9.17, 15) is 9.90 Å². The average molecular weight is 582 g/mol. The van der Waals surface area contributed by atoms with Crippen LogP contribution in [0.15, 0.2) is 60.9 Å². The molecule has 2 aromatic heterocycles. The Morgan fingerprint density at radius 3 is 2.70 bits per heavy atom. The van der Waals surface area contributed by atoms with Crippen molar-refractivity contribution in [1.29, 1.82) is 0 Å². The van der Waals surface area contributed by atoms with Crippen LogP contribution in [0.3, 0.4) is 0 Å². The molecule has 0 amide bonds. The molecule has 1 saturated heterocycles. The minimum Gasteiger partial charge on any atom is -0.493 e. The van der Waals surface area contributed by atoms with Gasteiger partial charge in [0, 0.05) is 36.1 Å². The molecule has 0 saturated carbocycles. The molecule has 0 bridgehead atoms. The Labute approximate surface area is 254 Å². The molecule has 1 aliphatic heterocycles. The molecular weight excluding hydrogens is 538 g/mol. The first kappa shape index (κ1) is 30.4. The van der Waals surface area contributed by atoms with Gasteiger partial charge in [-0.3, -0.25) is 14.7 Å². The molecule has 8 nitrogen and oxygen atoms in total. The molecule has 2 aromatic carbocycles. The van der Waals surface area contributed by atoms with Crippen LogP contribution in [0.2, 0.25) is 0 Å². The number of carboxylic acids is 1. The normalized spacial score (nSPS) is 15.5. The lowest BCUT2D eigenvalue weighted by molar-refractivity contribution is -0.138. The van der Waals surface area contributed by atoms with Crippen LogP contribution in [0.4, 0.5) is 11.5 Å². The second-order valence-corrected chi connectivity index (χ2v) is 11.4. The maximum Gasteiger partial charge on any atom is 0.304 e. The van der Waals surface area contributed by atoms with Gasteiger partial charge in [0.2, 0.25) is 0 Å². The lowest BCUT2D eigenvalue weighted by atomic mass is 9.95. The van der Waals surface area contributed by atoms with Crippen LogP contribution >= 0.6 is 0 Å². The summed E-state index contributed by atoms with van der Waals surface area (Å²) in [6.07, 6.45) is 7.97. The van der Waals surface area contributed by atoms with Gasteiger partial charge < -0.3 is 20.5 Å². The van der Waals surface area contributed by atoms with Crippen molar-refractivity contribution in [3.63, 3.8) is 0 Å². The Kier molecular flexibility index (Phi) is 10.2. The van der Waals surface area contributed by atoms with Gasteiger partial charge in [-0.25, -0.2) is 4.98 Å². The Balaban J connectivity index is 1.35. The summed E-state index contributed by atoms with van der Waals surface area (Å²) >= 11 is 0. The van der Waals surface area contributed by atoms with Crippen LogP contribution in [0.5, 0.6) is 5.75 Å². The van der Waals surface area contributed by atoms with E-state index < -0.39 is 5.97 Å². The lowest BCUT2D eigenvalue weighted by Gasteiger charge is -2.34. The topological polar surface area (TPSA) is 99.6 Å². The highest BCUT2D eigenvalue weighted by atomic mass is 16.5. The van der Waals surface area contributed by atoms with Crippen LogP contribution in [-0.4, -0.2) is 58.2 Å². The van der Waals surface area contributed by atoms with Gasteiger partial charge in [0.15, 0.2) is 5.82 Å². The summed E-state index contributed by atoms with van der Waals surface area (Å²) in [5, 5.41) is 17.3. The van der Waals surface area contributed by atoms with Gasteiger partial charge in [0.25, 0.3) is 0 Å². The first-order chi connectivity index (χ1) is 20.9. The van der Waals surface area contributed by atoms with Gasteiger partial charge in [-0.05, 0) is 105 Å². The quantitative estimate of drug-likeness (QED) is 0.147. The largest absolute Gasteiger partial charge is 0.493 e. The number of hydrogen-bond acceptors (Lipinski definition) is 7. The Hall–Kier alpha value is -4.01. The third kappa shape index (κ3) is 7.50. The molecule has 0 radical (unpaired) electrons. The van der Waals surface area contributed by atoms with Crippen LogP contribution < -0.4 is 15.4 Å². The molecular formula is C35H43N5O3. The molecule has 8 heteroatoms. The fraction of sp³-hybridized carbons (Fsp3) is 0.400. The van der Waals surface area contributed by atoms with E-state index in [1.165, 1.54) is 0 Å². The van der Waals surface area contributed by atoms with Crippen molar-refractivity contribution in [3.8, 4) is 16.9 Å². The fourth-order valence-corrected chi connectivity index (χ4v) is 6.03. The molecule has 226 valence electrons. The lowest BCUT2D eigenvalue weighted by Crippen LogP contribution is -2.40. The van der Waals surface area contributed by atoms with E-state index in [1.807, 2.05) is 24.5 Å². The van der Waals surface area contributed by atoms with E-state index in [-0.39, 0.29) is 12.5 Å². The van der Waals surface area contributed by atoms with E-state index in [1.54, 1.807) is 0 Å². The monoisotopic (exact) mass is 581 g/mol. The summed E-state index contributed by atoms with van der Waals surface area (Å²) in [4.78, 5) is 23.2. The minimum atomic E-state index is -0.735. The summed E-state index contributed by atoms with van der Waals surface area (Å²) in [5.74, 6) is 0.892. The predicted molar refractivity (Wildman–Crippen MR) is 173 cm³/mol. The molecule has 1 atom stereocenters. The van der Waals surface area contributed by atoms with Crippen molar-refractivity contribution in [2.45, 2.75) is 65.5 Å². The first-order valence-corrected chi connectivity index (χ1v) is 15.4. The standard InChI is InChI=1S/C35H43N5O3/c1-4-36-16-9-19-43-32-14-8-12-30(25(32)3)29-11-7-13-31(24(29)2)39-35-34-27(15-17-37-35)20-26(22-38-34)23-40-18-6-5-10-28(40)21-33(41)42/h7-8,11-15,17,20,22,28,36H,4-6,9-10,16,18-19,21,23H2,1-3H3,(H,37,39)(H,41,42). The summed E-state index contributed by atoms with van der Waals surface area (Å²) in [7, 11) is 0. The Morgan fingerprint density at radius 2 is 1.88 bits per heavy atom. The number of ether oxygens (including phenoxy) is 1. The number of nitrogens with one attached hydrogen (secondary N) is 2. The van der Waals surface area contributed by atoms with Crippen LogP contribution in [0.25, 0.3) is 22.0 Å². The minimum absolute atomic E-state index is 0.0749. The number of pyridine rings is 2. The molecule has 1 unspecified atom stereocenters. The second kappa shape index (κ2) is 14.4. The van der Waals surface area contributed by atoms with Crippen molar-refractivity contribution >= 4 is 28.4 Å². The van der Waals surface area contributed by atoms with Gasteiger partial charge in [0.05, 0.1) is 13.0 Å². The number of aromatic nitrogens is 2. The number of carbonyl (C=O) groups is 1. The number of piperidine rings is 1. The number of aliphatic carboxylic acids is 1. The van der Waals surface area contributed by atoms with Crippen molar-refractivity contribution in [2.75, 3.05) is 31.6 Å². The van der Waals surface area contributed by atoms with Gasteiger partial charge in [-0.1, -0.05) is 37.6 Å². The highest BCUT2D eigenvalue weighted by Crippen LogP contribution is 2.36. The maximum atomic E-state index is 11.4. The zero-order valence-electron chi connectivity index (χ0n) is 25.5. The first-order valence-electron chi connectivity index (χ1n) is 15.4. The van der Waals surface area contributed by atoms with Crippen LogP contribution in [-0.2, 0) is 11.3 Å². The third-order valence-corrected chi connectivity index (χ3v) is 8.37. The average Bonchev–Trinajstić information content (AvgIpc) is 3.00. The van der Waals surface area contributed by atoms with E-state index >= 15 is 0 Å². The van der Waals surface area contributed by atoms with E-state index in [0.29, 0.717) is 19.0 Å². The number of likely N-dealkylation sites (tertiary alicyclic amines) is 1. The molecule has 1 fully saturated rings. The van der Waals surface area contributed by atoms with Gasteiger partial charge in [-0.15, -0.1) is 0 Å². The van der Waals surface area contributed by atoms with Gasteiger partial charge in [-0.2, -0.15) is 0 Å². The number of carboxylic acid groups (broad SMARTS) is 1. The maximum absolute atomic E-state index is 11.4. The number of hydrogen-bond donors (Lipinski definition) is 3.